The Morgan fingerprint density at radius 3 is 2.62 bits per heavy atom. The lowest BCUT2D eigenvalue weighted by Gasteiger charge is -2.24. The summed E-state index contributed by atoms with van der Waals surface area (Å²) in [5, 5.41) is 9.51. The van der Waals surface area contributed by atoms with Crippen molar-refractivity contribution >= 4 is 6.21 Å². The van der Waals surface area contributed by atoms with Gasteiger partial charge in [-0.1, -0.05) is 36.4 Å². The van der Waals surface area contributed by atoms with Crippen LogP contribution in [0.15, 0.2) is 53.2 Å². The van der Waals surface area contributed by atoms with Crippen LogP contribution >= 0.6 is 0 Å². The number of hydrogen-bond donors (Lipinski definition) is 0. The molecule has 2 aromatic rings. The molecule has 1 unspecified atom stereocenters. The van der Waals surface area contributed by atoms with E-state index in [-0.39, 0.29) is 5.92 Å². The average molecular weight is 344 g/mol. The molecule has 3 rings (SSSR count). The zero-order chi connectivity index (χ0) is 18.5. The number of benzene rings is 2. The molecule has 132 valence electrons. The van der Waals surface area contributed by atoms with Crippen molar-refractivity contribution in [3.63, 3.8) is 0 Å². The van der Waals surface area contributed by atoms with Crippen molar-refractivity contribution in [2.45, 2.75) is 39.0 Å². The van der Waals surface area contributed by atoms with Gasteiger partial charge < -0.3 is 4.74 Å². The minimum Gasteiger partial charge on any atom is -0.495 e. The molecule has 0 N–H and O–H groups in total. The Hall–Kier alpha value is -2.86. The molecule has 2 aromatic carbocycles. The fourth-order valence-corrected chi connectivity index (χ4v) is 3.54. The molecular weight excluding hydrogens is 320 g/mol. The monoisotopic (exact) mass is 344 g/mol. The summed E-state index contributed by atoms with van der Waals surface area (Å²) in [5.41, 5.74) is 6.29. The van der Waals surface area contributed by atoms with Crippen molar-refractivity contribution in [2.24, 2.45) is 4.99 Å². The summed E-state index contributed by atoms with van der Waals surface area (Å²) in [7, 11) is 1.63. The van der Waals surface area contributed by atoms with E-state index in [4.69, 9.17) is 9.73 Å². The van der Waals surface area contributed by atoms with Crippen LogP contribution in [0.5, 0.6) is 5.75 Å². The Morgan fingerprint density at radius 2 is 1.85 bits per heavy atom. The normalized spacial score (nSPS) is 14.9. The van der Waals surface area contributed by atoms with E-state index in [2.05, 4.69) is 44.2 Å². The standard InChI is InChI=1S/C23H24N2O/c1-16-9-7-11-19(17(16)2)22(21-13-5-4-6-14-25-21)20-12-8-10-18(15-24)23(20)26-3/h7-14,22H,4-6H2,1-3H3. The first-order chi connectivity index (χ1) is 12.7. The highest BCUT2D eigenvalue weighted by atomic mass is 16.5. The minimum atomic E-state index is -0.0486. The lowest BCUT2D eigenvalue weighted by Crippen LogP contribution is -2.09. The SMILES string of the molecule is COc1c(C#N)cccc1C(C1=CCCCC=N1)c1cccc(C)c1C. The summed E-state index contributed by atoms with van der Waals surface area (Å²) in [5.74, 6) is 0.591. The number of ether oxygens (including phenoxy) is 1. The highest BCUT2D eigenvalue weighted by Gasteiger charge is 2.26. The maximum absolute atomic E-state index is 9.51. The minimum absolute atomic E-state index is 0.0486. The number of hydrogen-bond acceptors (Lipinski definition) is 3. The predicted molar refractivity (Wildman–Crippen MR) is 106 cm³/mol. The summed E-state index contributed by atoms with van der Waals surface area (Å²) in [6.45, 7) is 4.28. The van der Waals surface area contributed by atoms with Gasteiger partial charge in [-0.15, -0.1) is 0 Å². The number of methoxy groups -OCH3 is 1. The van der Waals surface area contributed by atoms with Gasteiger partial charge in [0.05, 0.1) is 18.6 Å². The number of nitriles is 1. The van der Waals surface area contributed by atoms with Crippen LogP contribution in [-0.2, 0) is 0 Å². The molecule has 3 heteroatoms. The van der Waals surface area contributed by atoms with Gasteiger partial charge in [-0.25, -0.2) is 0 Å². The topological polar surface area (TPSA) is 45.4 Å². The third-order valence-electron chi connectivity index (χ3n) is 5.07. The smallest absolute Gasteiger partial charge is 0.140 e. The summed E-state index contributed by atoms with van der Waals surface area (Å²) < 4.78 is 5.66. The van der Waals surface area contributed by atoms with Gasteiger partial charge in [0.15, 0.2) is 0 Å². The van der Waals surface area contributed by atoms with Crippen LogP contribution in [0.1, 0.15) is 53.0 Å². The Balaban J connectivity index is 2.27. The third kappa shape index (κ3) is 3.41. The van der Waals surface area contributed by atoms with Crippen molar-refractivity contribution in [2.75, 3.05) is 7.11 Å². The largest absolute Gasteiger partial charge is 0.495 e. The molecule has 1 aliphatic rings. The zero-order valence-corrected chi connectivity index (χ0v) is 15.6. The van der Waals surface area contributed by atoms with Crippen molar-refractivity contribution in [1.82, 2.24) is 0 Å². The van der Waals surface area contributed by atoms with Crippen molar-refractivity contribution in [3.05, 3.63) is 76.0 Å². The lowest BCUT2D eigenvalue weighted by molar-refractivity contribution is 0.407. The van der Waals surface area contributed by atoms with Gasteiger partial charge in [0.1, 0.15) is 11.8 Å². The van der Waals surface area contributed by atoms with Gasteiger partial charge in [0.25, 0.3) is 0 Å². The highest BCUT2D eigenvalue weighted by molar-refractivity contribution is 5.63. The molecule has 0 aromatic heterocycles. The Kier molecular flexibility index (Phi) is 5.53. The van der Waals surface area contributed by atoms with Gasteiger partial charge in [0, 0.05) is 17.5 Å². The molecule has 0 radical (unpaired) electrons. The second kappa shape index (κ2) is 8.01. The molecule has 0 spiro atoms. The average Bonchev–Trinajstić information content (AvgIpc) is 2.94. The first-order valence-corrected chi connectivity index (χ1v) is 9.03. The Labute approximate surface area is 155 Å². The van der Waals surface area contributed by atoms with Crippen molar-refractivity contribution in [1.29, 1.82) is 5.26 Å². The fourth-order valence-electron chi connectivity index (χ4n) is 3.54. The van der Waals surface area contributed by atoms with Gasteiger partial charge in [0.2, 0.25) is 0 Å². The van der Waals surface area contributed by atoms with E-state index < -0.39 is 0 Å². The van der Waals surface area contributed by atoms with Crippen molar-refractivity contribution < 1.29 is 4.74 Å². The molecule has 3 nitrogen and oxygen atoms in total. The maximum Gasteiger partial charge on any atom is 0.140 e. The lowest BCUT2D eigenvalue weighted by atomic mass is 9.83. The van der Waals surface area contributed by atoms with Gasteiger partial charge in [-0.3, -0.25) is 4.99 Å². The second-order valence-corrected chi connectivity index (χ2v) is 6.63. The number of allylic oxidation sites excluding steroid dienone is 2. The highest BCUT2D eigenvalue weighted by Crippen LogP contribution is 2.41. The van der Waals surface area contributed by atoms with Gasteiger partial charge >= 0.3 is 0 Å². The predicted octanol–water partition coefficient (Wildman–Crippen LogP) is 5.45. The van der Waals surface area contributed by atoms with Crippen LogP contribution in [0.4, 0.5) is 0 Å². The molecule has 1 aliphatic heterocycles. The first kappa shape index (κ1) is 17.9. The number of aryl methyl sites for hydroxylation is 1. The Bertz CT molecular complexity index is 903. The molecule has 1 heterocycles. The van der Waals surface area contributed by atoms with E-state index in [0.29, 0.717) is 11.3 Å². The fraction of sp³-hybridized carbons (Fsp3) is 0.304. The summed E-state index contributed by atoms with van der Waals surface area (Å²) >= 11 is 0. The number of para-hydroxylation sites is 1. The van der Waals surface area contributed by atoms with Gasteiger partial charge in [-0.05, 0) is 55.9 Å². The molecule has 0 aliphatic carbocycles. The summed E-state index contributed by atoms with van der Waals surface area (Å²) in [4.78, 5) is 4.78. The molecule has 0 bridgehead atoms. The quantitative estimate of drug-likeness (QED) is 0.740. The number of rotatable bonds is 4. The van der Waals surface area contributed by atoms with E-state index in [0.717, 1.165) is 30.5 Å². The van der Waals surface area contributed by atoms with Crippen molar-refractivity contribution in [3.8, 4) is 11.8 Å². The molecular formula is C23H24N2O. The van der Waals surface area contributed by atoms with E-state index >= 15 is 0 Å². The molecule has 0 saturated heterocycles. The third-order valence-corrected chi connectivity index (χ3v) is 5.07. The maximum atomic E-state index is 9.51. The van der Waals surface area contributed by atoms with Gasteiger partial charge in [-0.2, -0.15) is 5.26 Å². The second-order valence-electron chi connectivity index (χ2n) is 6.63. The van der Waals surface area contributed by atoms with Crippen LogP contribution in [0.25, 0.3) is 0 Å². The van der Waals surface area contributed by atoms with Crippen LogP contribution in [0, 0.1) is 25.2 Å². The van der Waals surface area contributed by atoms with Crippen LogP contribution in [0.2, 0.25) is 0 Å². The molecule has 26 heavy (non-hydrogen) atoms. The molecule has 0 fully saturated rings. The van der Waals surface area contributed by atoms with E-state index in [1.165, 1.54) is 16.7 Å². The summed E-state index contributed by atoms with van der Waals surface area (Å²) in [6.07, 6.45) is 7.36. The number of nitrogens with zero attached hydrogens (tertiary/aromatic N) is 2. The van der Waals surface area contributed by atoms with E-state index in [9.17, 15) is 5.26 Å². The van der Waals surface area contributed by atoms with E-state index in [1.54, 1.807) is 13.2 Å². The summed E-state index contributed by atoms with van der Waals surface area (Å²) in [6, 6.07) is 14.4. The zero-order valence-electron chi connectivity index (χ0n) is 15.6. The van der Waals surface area contributed by atoms with Crippen LogP contribution in [0.3, 0.4) is 0 Å². The van der Waals surface area contributed by atoms with Crippen LogP contribution in [-0.4, -0.2) is 13.3 Å². The number of aliphatic imine (C=N–C) groups is 1. The molecule has 1 atom stereocenters. The molecule has 0 amide bonds. The Morgan fingerprint density at radius 1 is 1.08 bits per heavy atom. The molecule has 0 saturated carbocycles. The van der Waals surface area contributed by atoms with E-state index in [1.807, 2.05) is 18.3 Å². The first-order valence-electron chi connectivity index (χ1n) is 9.03. The van der Waals surface area contributed by atoms with Crippen LogP contribution < -0.4 is 4.74 Å².